The number of ketones is 1. The summed E-state index contributed by atoms with van der Waals surface area (Å²) >= 11 is 5.95. The van der Waals surface area contributed by atoms with Crippen LogP contribution in [0.15, 0.2) is 54.6 Å². The average molecular weight is 258 g/mol. The average Bonchev–Trinajstić information content (AvgIpc) is 2.38. The standard InChI is InChI=1S/C15H12ClNO/c16-13-7-3-2-6-12(13)15(18)10-9-11-5-1-4-8-14(11)17/h1-10H,17H2/b10-9+. The number of nitrogen functional groups attached to an aromatic ring is 1. The highest BCUT2D eigenvalue weighted by Crippen LogP contribution is 2.17. The molecule has 0 radical (unpaired) electrons. The van der Waals surface area contributed by atoms with Crippen molar-refractivity contribution in [3.63, 3.8) is 0 Å². The van der Waals surface area contributed by atoms with Gasteiger partial charge in [0, 0.05) is 11.3 Å². The zero-order chi connectivity index (χ0) is 13.0. The lowest BCUT2D eigenvalue weighted by atomic mass is 10.1. The summed E-state index contributed by atoms with van der Waals surface area (Å²) in [4.78, 5) is 11.9. The molecule has 0 spiro atoms. The molecule has 3 heteroatoms. The Balaban J connectivity index is 2.23. The van der Waals surface area contributed by atoms with E-state index in [1.807, 2.05) is 18.2 Å². The molecule has 0 atom stereocenters. The van der Waals surface area contributed by atoms with Crippen molar-refractivity contribution >= 4 is 29.1 Å². The summed E-state index contributed by atoms with van der Waals surface area (Å²) in [5, 5.41) is 0.452. The van der Waals surface area contributed by atoms with Crippen LogP contribution in [0.1, 0.15) is 15.9 Å². The molecule has 0 saturated carbocycles. The van der Waals surface area contributed by atoms with Crippen LogP contribution in [0, 0.1) is 0 Å². The number of rotatable bonds is 3. The van der Waals surface area contributed by atoms with Crippen molar-refractivity contribution < 1.29 is 4.79 Å². The zero-order valence-electron chi connectivity index (χ0n) is 9.64. The van der Waals surface area contributed by atoms with Crippen molar-refractivity contribution in [1.29, 1.82) is 0 Å². The third kappa shape index (κ3) is 2.79. The van der Waals surface area contributed by atoms with Gasteiger partial charge in [-0.1, -0.05) is 41.9 Å². The number of allylic oxidation sites excluding steroid dienone is 1. The maximum Gasteiger partial charge on any atom is 0.187 e. The van der Waals surface area contributed by atoms with E-state index in [0.717, 1.165) is 5.56 Å². The number of para-hydroxylation sites is 1. The molecule has 2 rings (SSSR count). The predicted molar refractivity (Wildman–Crippen MR) is 75.7 cm³/mol. The van der Waals surface area contributed by atoms with Gasteiger partial charge in [-0.2, -0.15) is 0 Å². The molecule has 0 saturated heterocycles. The second kappa shape index (κ2) is 5.52. The lowest BCUT2D eigenvalue weighted by Gasteiger charge is -2.00. The van der Waals surface area contributed by atoms with E-state index in [2.05, 4.69) is 0 Å². The molecule has 0 unspecified atom stereocenters. The second-order valence-electron chi connectivity index (χ2n) is 3.81. The number of halogens is 1. The smallest absolute Gasteiger partial charge is 0.187 e. The van der Waals surface area contributed by atoms with E-state index in [0.29, 0.717) is 16.3 Å². The molecule has 18 heavy (non-hydrogen) atoms. The summed E-state index contributed by atoms with van der Waals surface area (Å²) in [6.45, 7) is 0. The van der Waals surface area contributed by atoms with Crippen molar-refractivity contribution in [2.24, 2.45) is 0 Å². The van der Waals surface area contributed by atoms with Crippen molar-refractivity contribution in [3.8, 4) is 0 Å². The van der Waals surface area contributed by atoms with E-state index < -0.39 is 0 Å². The van der Waals surface area contributed by atoms with Crippen molar-refractivity contribution in [3.05, 3.63) is 70.8 Å². The molecule has 90 valence electrons. The molecule has 0 amide bonds. The molecule has 0 bridgehead atoms. The molecule has 2 aromatic carbocycles. The van der Waals surface area contributed by atoms with E-state index in [1.165, 1.54) is 6.08 Å². The fraction of sp³-hybridized carbons (Fsp3) is 0. The van der Waals surface area contributed by atoms with Crippen LogP contribution in [-0.4, -0.2) is 5.78 Å². The first kappa shape index (κ1) is 12.4. The van der Waals surface area contributed by atoms with Gasteiger partial charge in [-0.05, 0) is 35.9 Å². The number of hydrogen-bond acceptors (Lipinski definition) is 2. The SMILES string of the molecule is Nc1ccccc1/C=C/C(=O)c1ccccc1Cl. The Labute approximate surface area is 111 Å². The quantitative estimate of drug-likeness (QED) is 0.516. The minimum atomic E-state index is -0.135. The van der Waals surface area contributed by atoms with Crippen LogP contribution in [0.25, 0.3) is 6.08 Å². The van der Waals surface area contributed by atoms with Crippen LogP contribution in [-0.2, 0) is 0 Å². The van der Waals surface area contributed by atoms with Gasteiger partial charge in [-0.25, -0.2) is 0 Å². The van der Waals surface area contributed by atoms with E-state index in [1.54, 1.807) is 36.4 Å². The van der Waals surface area contributed by atoms with Crippen LogP contribution in [0.4, 0.5) is 5.69 Å². The molecule has 2 aromatic rings. The van der Waals surface area contributed by atoms with Gasteiger partial charge < -0.3 is 5.73 Å². The van der Waals surface area contributed by atoms with Crippen LogP contribution in [0.5, 0.6) is 0 Å². The van der Waals surface area contributed by atoms with Crippen LogP contribution < -0.4 is 5.73 Å². The summed E-state index contributed by atoms with van der Waals surface area (Å²) in [6, 6.07) is 14.3. The van der Waals surface area contributed by atoms with E-state index in [4.69, 9.17) is 17.3 Å². The second-order valence-corrected chi connectivity index (χ2v) is 4.21. The first-order valence-corrected chi connectivity index (χ1v) is 5.88. The zero-order valence-corrected chi connectivity index (χ0v) is 10.4. The molecule has 0 aromatic heterocycles. The van der Waals surface area contributed by atoms with Gasteiger partial charge in [0.15, 0.2) is 5.78 Å². The minimum Gasteiger partial charge on any atom is -0.398 e. The van der Waals surface area contributed by atoms with Crippen LogP contribution >= 0.6 is 11.6 Å². The van der Waals surface area contributed by atoms with Crippen molar-refractivity contribution in [2.75, 3.05) is 5.73 Å². The molecule has 0 aliphatic carbocycles. The summed E-state index contributed by atoms with van der Waals surface area (Å²) in [6.07, 6.45) is 3.17. The normalized spacial score (nSPS) is 10.7. The van der Waals surface area contributed by atoms with E-state index in [9.17, 15) is 4.79 Å². The fourth-order valence-electron chi connectivity index (χ4n) is 1.58. The van der Waals surface area contributed by atoms with Gasteiger partial charge in [-0.3, -0.25) is 4.79 Å². The largest absolute Gasteiger partial charge is 0.398 e. The number of benzene rings is 2. The van der Waals surface area contributed by atoms with Crippen LogP contribution in [0.2, 0.25) is 5.02 Å². The van der Waals surface area contributed by atoms with Crippen molar-refractivity contribution in [1.82, 2.24) is 0 Å². The Kier molecular flexibility index (Phi) is 3.80. The summed E-state index contributed by atoms with van der Waals surface area (Å²) in [5.74, 6) is -0.135. The Morgan fingerprint density at radius 3 is 2.44 bits per heavy atom. The lowest BCUT2D eigenvalue weighted by Crippen LogP contribution is -1.95. The number of anilines is 1. The Morgan fingerprint density at radius 1 is 1.06 bits per heavy atom. The Morgan fingerprint density at radius 2 is 1.72 bits per heavy atom. The summed E-state index contributed by atoms with van der Waals surface area (Å²) in [7, 11) is 0. The molecular formula is C15H12ClNO. The third-order valence-electron chi connectivity index (χ3n) is 2.55. The molecule has 2 nitrogen and oxygen atoms in total. The minimum absolute atomic E-state index is 0.135. The molecule has 0 aliphatic rings. The molecular weight excluding hydrogens is 246 g/mol. The molecule has 2 N–H and O–H groups in total. The summed E-state index contributed by atoms with van der Waals surface area (Å²) in [5.41, 5.74) is 7.73. The number of nitrogens with two attached hydrogens (primary N) is 1. The highest BCUT2D eigenvalue weighted by molar-refractivity contribution is 6.34. The maximum absolute atomic E-state index is 11.9. The Bertz CT molecular complexity index is 605. The third-order valence-corrected chi connectivity index (χ3v) is 2.88. The molecule has 0 fully saturated rings. The lowest BCUT2D eigenvalue weighted by molar-refractivity contribution is 0.104. The fourth-order valence-corrected chi connectivity index (χ4v) is 1.81. The number of carbonyl (C=O) groups is 1. The Hall–Kier alpha value is -2.06. The van der Waals surface area contributed by atoms with E-state index >= 15 is 0 Å². The number of carbonyl (C=O) groups excluding carboxylic acids is 1. The maximum atomic E-state index is 11.9. The molecule has 0 heterocycles. The predicted octanol–water partition coefficient (Wildman–Crippen LogP) is 3.82. The van der Waals surface area contributed by atoms with Gasteiger partial charge in [0.25, 0.3) is 0 Å². The first-order chi connectivity index (χ1) is 8.68. The van der Waals surface area contributed by atoms with Crippen LogP contribution in [0.3, 0.4) is 0 Å². The van der Waals surface area contributed by atoms with Gasteiger partial charge >= 0.3 is 0 Å². The first-order valence-electron chi connectivity index (χ1n) is 5.50. The van der Waals surface area contributed by atoms with Gasteiger partial charge in [-0.15, -0.1) is 0 Å². The van der Waals surface area contributed by atoms with Gasteiger partial charge in [0.05, 0.1) is 5.02 Å². The number of hydrogen-bond donors (Lipinski definition) is 1. The van der Waals surface area contributed by atoms with Crippen molar-refractivity contribution in [2.45, 2.75) is 0 Å². The summed E-state index contributed by atoms with van der Waals surface area (Å²) < 4.78 is 0. The topological polar surface area (TPSA) is 43.1 Å². The van der Waals surface area contributed by atoms with Gasteiger partial charge in [0.1, 0.15) is 0 Å². The highest BCUT2D eigenvalue weighted by atomic mass is 35.5. The van der Waals surface area contributed by atoms with Gasteiger partial charge in [0.2, 0.25) is 0 Å². The molecule has 0 aliphatic heterocycles. The van der Waals surface area contributed by atoms with E-state index in [-0.39, 0.29) is 5.78 Å². The highest BCUT2D eigenvalue weighted by Gasteiger charge is 2.05. The monoisotopic (exact) mass is 257 g/mol.